The number of hydrogen-bond donors (Lipinski definition) is 3. The van der Waals surface area contributed by atoms with Gasteiger partial charge in [-0.1, -0.05) is 17.7 Å². The van der Waals surface area contributed by atoms with Gasteiger partial charge < -0.3 is 15.0 Å². The van der Waals surface area contributed by atoms with Crippen LogP contribution in [-0.2, 0) is 15.7 Å². The third-order valence-corrected chi connectivity index (χ3v) is 6.60. The Labute approximate surface area is 189 Å². The minimum absolute atomic E-state index is 0.000659. The molecule has 1 saturated carbocycles. The molecule has 0 bridgehead atoms. The molecule has 11 heteroatoms. The van der Waals surface area contributed by atoms with Crippen LogP contribution in [0, 0.1) is 22.7 Å². The van der Waals surface area contributed by atoms with Crippen molar-refractivity contribution in [3.05, 3.63) is 34.3 Å². The van der Waals surface area contributed by atoms with Crippen molar-refractivity contribution in [3.8, 4) is 6.07 Å². The van der Waals surface area contributed by atoms with Crippen molar-refractivity contribution < 1.29 is 22.7 Å². The normalized spacial score (nSPS) is 27.9. The molecule has 1 aromatic carbocycles. The smallest absolute Gasteiger partial charge is 0.357 e. The summed E-state index contributed by atoms with van der Waals surface area (Å²) in [6.07, 6.45) is -4.49. The Kier molecular flexibility index (Phi) is 6.40. The Morgan fingerprint density at radius 3 is 2.72 bits per heavy atom. The number of nitrogens with one attached hydrogen (secondary N) is 3. The number of carbonyl (C=O) groups is 1. The molecule has 0 spiro atoms. The van der Waals surface area contributed by atoms with Crippen molar-refractivity contribution in [2.75, 3.05) is 33.2 Å². The SMILES string of the molecule is CN1CC(OC2NC(c3ccc(Cl)c(C(F)(F)F)c3)NCC2CNC(=O)C2(C#N)CC2)C1. The Balaban J connectivity index is 1.45. The Bertz CT molecular complexity index is 912. The van der Waals surface area contributed by atoms with Gasteiger partial charge in [0.05, 0.1) is 28.9 Å². The second kappa shape index (κ2) is 8.80. The van der Waals surface area contributed by atoms with Gasteiger partial charge in [-0.2, -0.15) is 18.4 Å². The molecule has 0 radical (unpaired) electrons. The lowest BCUT2D eigenvalue weighted by Gasteiger charge is -2.44. The first-order chi connectivity index (χ1) is 15.1. The topological polar surface area (TPSA) is 89.4 Å². The summed E-state index contributed by atoms with van der Waals surface area (Å²) in [5, 5.41) is 18.1. The van der Waals surface area contributed by atoms with E-state index in [1.807, 2.05) is 7.05 Å². The second-order valence-electron chi connectivity index (χ2n) is 8.81. The van der Waals surface area contributed by atoms with Crippen molar-refractivity contribution in [2.24, 2.45) is 11.3 Å². The van der Waals surface area contributed by atoms with Crippen LogP contribution in [0.25, 0.3) is 0 Å². The molecule has 3 unspecified atom stereocenters. The number of benzene rings is 1. The average Bonchev–Trinajstić information content (AvgIpc) is 3.52. The first-order valence-electron chi connectivity index (χ1n) is 10.5. The van der Waals surface area contributed by atoms with Crippen molar-refractivity contribution in [1.29, 1.82) is 5.26 Å². The van der Waals surface area contributed by atoms with E-state index in [0.717, 1.165) is 19.2 Å². The summed E-state index contributed by atoms with van der Waals surface area (Å²) in [5.74, 6) is -0.443. The lowest BCUT2D eigenvalue weighted by molar-refractivity contribution is -0.137. The highest BCUT2D eigenvalue weighted by Gasteiger charge is 2.51. The first kappa shape index (κ1) is 23.3. The van der Waals surface area contributed by atoms with Crippen molar-refractivity contribution in [1.82, 2.24) is 20.9 Å². The number of amides is 1. The summed E-state index contributed by atoms with van der Waals surface area (Å²) >= 11 is 5.75. The van der Waals surface area contributed by atoms with Gasteiger partial charge in [-0.25, -0.2) is 0 Å². The Morgan fingerprint density at radius 1 is 1.41 bits per heavy atom. The van der Waals surface area contributed by atoms with E-state index in [0.29, 0.717) is 24.9 Å². The fraction of sp³-hybridized carbons (Fsp3) is 0.619. The zero-order valence-corrected chi connectivity index (χ0v) is 18.3. The summed E-state index contributed by atoms with van der Waals surface area (Å²) in [6.45, 7) is 2.21. The average molecular weight is 472 g/mol. The highest BCUT2D eigenvalue weighted by Crippen LogP contribution is 2.45. The van der Waals surface area contributed by atoms with Gasteiger partial charge in [-0.15, -0.1) is 0 Å². The molecule has 2 heterocycles. The van der Waals surface area contributed by atoms with Gasteiger partial charge >= 0.3 is 6.18 Å². The van der Waals surface area contributed by atoms with Crippen LogP contribution in [0.5, 0.6) is 0 Å². The van der Waals surface area contributed by atoms with E-state index in [2.05, 4.69) is 26.9 Å². The van der Waals surface area contributed by atoms with Gasteiger partial charge in [0.15, 0.2) is 0 Å². The monoisotopic (exact) mass is 471 g/mol. The number of likely N-dealkylation sites (N-methyl/N-ethyl adjacent to an activating group) is 1. The predicted octanol–water partition coefficient (Wildman–Crippen LogP) is 2.24. The van der Waals surface area contributed by atoms with Crippen LogP contribution in [0.1, 0.15) is 30.1 Å². The number of ether oxygens (including phenoxy) is 1. The van der Waals surface area contributed by atoms with E-state index >= 15 is 0 Å². The number of rotatable bonds is 6. The maximum atomic E-state index is 13.3. The number of carbonyl (C=O) groups excluding carboxylic acids is 1. The second-order valence-corrected chi connectivity index (χ2v) is 9.22. The molecule has 1 amide bonds. The molecule has 3 atom stereocenters. The zero-order valence-electron chi connectivity index (χ0n) is 17.5. The number of nitrogens with zero attached hydrogens (tertiary/aromatic N) is 2. The maximum absolute atomic E-state index is 13.3. The van der Waals surface area contributed by atoms with E-state index in [1.165, 1.54) is 6.07 Å². The highest BCUT2D eigenvalue weighted by molar-refractivity contribution is 6.31. The molecular formula is C21H25ClF3N5O2. The molecule has 3 aliphatic rings. The lowest BCUT2D eigenvalue weighted by Crippen LogP contribution is -2.61. The van der Waals surface area contributed by atoms with Gasteiger partial charge in [-0.3, -0.25) is 15.4 Å². The molecular weight excluding hydrogens is 447 g/mol. The molecule has 1 aliphatic carbocycles. The summed E-state index contributed by atoms with van der Waals surface area (Å²) < 4.78 is 46.0. The standard InChI is InChI=1S/C21H25ClF3N5O2/c1-30-9-14(10-30)32-18-13(8-28-19(31)20(11-26)4-5-20)7-27-17(29-18)12-2-3-16(22)15(6-12)21(23,24)25/h2-3,6,13-14,17-18,27,29H,4-5,7-10H2,1H3,(H,28,31). The third kappa shape index (κ3) is 4.87. The quantitative estimate of drug-likeness (QED) is 0.589. The molecule has 3 N–H and O–H groups in total. The number of alkyl halides is 3. The third-order valence-electron chi connectivity index (χ3n) is 6.27. The van der Waals surface area contributed by atoms with Crippen LogP contribution in [0.2, 0.25) is 5.02 Å². The van der Waals surface area contributed by atoms with E-state index in [9.17, 15) is 23.2 Å². The Morgan fingerprint density at radius 2 is 2.12 bits per heavy atom. The van der Waals surface area contributed by atoms with Gasteiger partial charge in [0.1, 0.15) is 11.6 Å². The number of nitriles is 1. The molecule has 0 aromatic heterocycles. The molecule has 4 rings (SSSR count). The summed E-state index contributed by atoms with van der Waals surface area (Å²) in [7, 11) is 1.97. The fourth-order valence-corrected chi connectivity index (χ4v) is 4.29. The van der Waals surface area contributed by atoms with Crippen molar-refractivity contribution >= 4 is 17.5 Å². The zero-order chi connectivity index (χ0) is 23.1. The first-order valence-corrected chi connectivity index (χ1v) is 10.9. The number of likely N-dealkylation sites (tertiary alicyclic amines) is 1. The van der Waals surface area contributed by atoms with E-state index in [1.54, 1.807) is 6.07 Å². The number of halogens is 4. The summed E-state index contributed by atoms with van der Waals surface area (Å²) in [6, 6.07) is 5.89. The Hall–Kier alpha value is -1.90. The number of hydrogen-bond acceptors (Lipinski definition) is 6. The van der Waals surface area contributed by atoms with Gasteiger partial charge in [0.25, 0.3) is 0 Å². The summed E-state index contributed by atoms with van der Waals surface area (Å²) in [4.78, 5) is 14.4. The summed E-state index contributed by atoms with van der Waals surface area (Å²) in [5.41, 5.74) is -1.41. The van der Waals surface area contributed by atoms with E-state index in [-0.39, 0.29) is 29.5 Å². The van der Waals surface area contributed by atoms with Gasteiger partial charge in [-0.05, 0) is 37.6 Å². The van der Waals surface area contributed by atoms with Crippen LogP contribution in [0.3, 0.4) is 0 Å². The van der Waals surface area contributed by atoms with Crippen LogP contribution in [0.4, 0.5) is 13.2 Å². The minimum Gasteiger partial charge on any atom is -0.357 e. The minimum atomic E-state index is -4.56. The van der Waals surface area contributed by atoms with E-state index < -0.39 is 29.5 Å². The molecule has 2 saturated heterocycles. The largest absolute Gasteiger partial charge is 0.417 e. The molecule has 32 heavy (non-hydrogen) atoms. The highest BCUT2D eigenvalue weighted by atomic mass is 35.5. The molecule has 1 aromatic rings. The molecule has 3 fully saturated rings. The molecule has 7 nitrogen and oxygen atoms in total. The fourth-order valence-electron chi connectivity index (χ4n) is 4.06. The van der Waals surface area contributed by atoms with Crippen molar-refractivity contribution in [2.45, 2.75) is 37.5 Å². The van der Waals surface area contributed by atoms with Crippen LogP contribution in [0.15, 0.2) is 18.2 Å². The van der Waals surface area contributed by atoms with Crippen molar-refractivity contribution in [3.63, 3.8) is 0 Å². The van der Waals surface area contributed by atoms with Crippen LogP contribution < -0.4 is 16.0 Å². The maximum Gasteiger partial charge on any atom is 0.417 e. The van der Waals surface area contributed by atoms with Gasteiger partial charge in [0.2, 0.25) is 5.91 Å². The molecule has 2 aliphatic heterocycles. The predicted molar refractivity (Wildman–Crippen MR) is 110 cm³/mol. The van der Waals surface area contributed by atoms with Crippen LogP contribution >= 0.6 is 11.6 Å². The van der Waals surface area contributed by atoms with E-state index in [4.69, 9.17) is 16.3 Å². The lowest BCUT2D eigenvalue weighted by atomic mass is 9.99. The van der Waals surface area contributed by atoms with Gasteiger partial charge in [0, 0.05) is 32.1 Å². The van der Waals surface area contributed by atoms with Crippen LogP contribution in [-0.4, -0.2) is 56.4 Å². The molecule has 174 valence electrons.